The number of likely N-dealkylation sites (tertiary alicyclic amines) is 1. The Hall–Kier alpha value is -3.96. The Morgan fingerprint density at radius 2 is 1.98 bits per heavy atom. The smallest absolute Gasteiger partial charge is 0.251 e. The second-order valence-corrected chi connectivity index (χ2v) is 10.8. The molecule has 4 heterocycles. The molecule has 0 unspecified atom stereocenters. The molecule has 0 bridgehead atoms. The minimum Gasteiger partial charge on any atom is -0.486 e. The second kappa shape index (κ2) is 13.1. The van der Waals surface area contributed by atoms with Crippen molar-refractivity contribution in [2.45, 2.75) is 58.4 Å². The molecule has 5 rings (SSSR count). The predicted octanol–water partition coefficient (Wildman–Crippen LogP) is 2.53. The number of carbonyl (C=O) groups is 2. The van der Waals surface area contributed by atoms with Gasteiger partial charge in [0, 0.05) is 64.0 Å². The fourth-order valence-corrected chi connectivity index (χ4v) is 5.32. The summed E-state index contributed by atoms with van der Waals surface area (Å²) in [6.45, 7) is 7.42. The number of aromatic nitrogens is 2. The molecule has 2 amide bonds. The van der Waals surface area contributed by atoms with E-state index in [1.807, 2.05) is 17.9 Å². The summed E-state index contributed by atoms with van der Waals surface area (Å²) in [7, 11) is 0. The Morgan fingerprint density at radius 1 is 1.15 bits per heavy atom. The quantitative estimate of drug-likeness (QED) is 0.341. The van der Waals surface area contributed by atoms with Crippen LogP contribution in [0.25, 0.3) is 0 Å². The number of hydrogen-bond donors (Lipinski definition) is 3. The van der Waals surface area contributed by atoms with Crippen LogP contribution in [0, 0.1) is 6.92 Å². The first-order valence-electron chi connectivity index (χ1n) is 14.1. The van der Waals surface area contributed by atoms with Gasteiger partial charge in [-0.25, -0.2) is 9.97 Å². The standard InChI is InChI=1S/C30H38N6O5/c1-20-28(41-19-33-20)18-40-27-4-3-24-16-35(10-6-22(24)13-27)17-26(38)15-32-30(39)23-5-9-31-29(14-23)34-25-7-11-36(12-8-25)21(2)37/h3-5,9,13-14,19,25-26,38H,6-8,10-12,15-18H2,1-2H3,(H,31,34)(H,32,39)/t26-/m0/s1. The van der Waals surface area contributed by atoms with Crippen LogP contribution in [-0.4, -0.2) is 81.6 Å². The van der Waals surface area contributed by atoms with Crippen molar-refractivity contribution in [1.29, 1.82) is 0 Å². The van der Waals surface area contributed by atoms with E-state index in [9.17, 15) is 14.7 Å². The number of rotatable bonds is 10. The molecular formula is C30H38N6O5. The maximum absolute atomic E-state index is 12.8. The number of carbonyl (C=O) groups excluding carboxylic acids is 2. The number of anilines is 1. The van der Waals surface area contributed by atoms with Crippen LogP contribution in [0.5, 0.6) is 5.75 Å². The van der Waals surface area contributed by atoms with Crippen molar-refractivity contribution < 1.29 is 23.8 Å². The normalized spacial score (nSPS) is 16.6. The topological polar surface area (TPSA) is 133 Å². The SMILES string of the molecule is CC(=O)N1CCC(Nc2cc(C(=O)NC[C@H](O)CN3CCc4cc(OCc5ocnc5C)ccc4C3)ccn2)CC1. The lowest BCUT2D eigenvalue weighted by Crippen LogP contribution is -2.42. The predicted molar refractivity (Wildman–Crippen MR) is 152 cm³/mol. The molecule has 1 fully saturated rings. The molecular weight excluding hydrogens is 524 g/mol. The van der Waals surface area contributed by atoms with Gasteiger partial charge in [-0.05, 0) is 61.6 Å². The van der Waals surface area contributed by atoms with Crippen molar-refractivity contribution in [1.82, 2.24) is 25.1 Å². The first-order valence-corrected chi connectivity index (χ1v) is 14.1. The molecule has 3 N–H and O–H groups in total. The summed E-state index contributed by atoms with van der Waals surface area (Å²) in [6, 6.07) is 9.69. The number of oxazole rings is 1. The van der Waals surface area contributed by atoms with Gasteiger partial charge in [-0.3, -0.25) is 14.5 Å². The molecule has 218 valence electrons. The van der Waals surface area contributed by atoms with Crippen LogP contribution < -0.4 is 15.4 Å². The van der Waals surface area contributed by atoms with E-state index >= 15 is 0 Å². The van der Waals surface area contributed by atoms with Crippen molar-refractivity contribution in [2.75, 3.05) is 38.0 Å². The van der Waals surface area contributed by atoms with Crippen molar-refractivity contribution in [2.24, 2.45) is 0 Å². The molecule has 1 atom stereocenters. The minimum absolute atomic E-state index is 0.0995. The molecule has 3 aromatic rings. The number of amides is 2. The van der Waals surface area contributed by atoms with Gasteiger partial charge in [0.1, 0.15) is 18.2 Å². The highest BCUT2D eigenvalue weighted by Gasteiger charge is 2.22. The molecule has 41 heavy (non-hydrogen) atoms. The number of nitrogens with zero attached hydrogens (tertiary/aromatic N) is 4. The number of β-amino-alcohol motifs (C(OH)–C–C–N with tert-alkyl or cyclic N) is 1. The van der Waals surface area contributed by atoms with Crippen molar-refractivity contribution in [3.63, 3.8) is 0 Å². The maximum Gasteiger partial charge on any atom is 0.251 e. The van der Waals surface area contributed by atoms with E-state index in [-0.39, 0.29) is 24.4 Å². The van der Waals surface area contributed by atoms with Gasteiger partial charge < -0.3 is 29.8 Å². The average molecular weight is 563 g/mol. The fourth-order valence-electron chi connectivity index (χ4n) is 5.32. The second-order valence-electron chi connectivity index (χ2n) is 10.8. The van der Waals surface area contributed by atoms with Crippen LogP contribution in [0.15, 0.2) is 47.3 Å². The van der Waals surface area contributed by atoms with Crippen LogP contribution in [-0.2, 0) is 24.4 Å². The zero-order valence-corrected chi connectivity index (χ0v) is 23.6. The third-order valence-electron chi connectivity index (χ3n) is 7.77. The van der Waals surface area contributed by atoms with Gasteiger partial charge in [0.05, 0.1) is 11.8 Å². The van der Waals surface area contributed by atoms with Crippen LogP contribution in [0.4, 0.5) is 5.82 Å². The molecule has 2 aromatic heterocycles. The maximum atomic E-state index is 12.8. The summed E-state index contributed by atoms with van der Waals surface area (Å²) < 4.78 is 11.2. The number of hydrogen-bond acceptors (Lipinski definition) is 9. The monoisotopic (exact) mass is 562 g/mol. The molecule has 1 aromatic carbocycles. The van der Waals surface area contributed by atoms with Crippen molar-refractivity contribution >= 4 is 17.6 Å². The van der Waals surface area contributed by atoms with E-state index < -0.39 is 6.10 Å². The fraction of sp³-hybridized carbons (Fsp3) is 0.467. The number of benzene rings is 1. The van der Waals surface area contributed by atoms with E-state index in [2.05, 4.69) is 37.6 Å². The van der Waals surface area contributed by atoms with E-state index in [1.165, 1.54) is 17.5 Å². The highest BCUT2D eigenvalue weighted by atomic mass is 16.5. The van der Waals surface area contributed by atoms with E-state index in [4.69, 9.17) is 9.15 Å². The Bertz CT molecular complexity index is 1350. The molecule has 11 heteroatoms. The number of pyridine rings is 1. The Labute approximate surface area is 239 Å². The van der Waals surface area contributed by atoms with Gasteiger partial charge in [-0.1, -0.05) is 6.07 Å². The van der Waals surface area contributed by atoms with Crippen molar-refractivity contribution in [3.05, 3.63) is 71.1 Å². The summed E-state index contributed by atoms with van der Waals surface area (Å²) in [6.07, 6.45) is 4.86. The Balaban J connectivity index is 1.05. The van der Waals surface area contributed by atoms with Crippen LogP contribution >= 0.6 is 0 Å². The molecule has 2 aliphatic heterocycles. The van der Waals surface area contributed by atoms with Crippen LogP contribution in [0.3, 0.4) is 0 Å². The average Bonchev–Trinajstić information content (AvgIpc) is 3.39. The summed E-state index contributed by atoms with van der Waals surface area (Å²) in [5.41, 5.74) is 3.76. The van der Waals surface area contributed by atoms with Gasteiger partial charge in [0.2, 0.25) is 5.91 Å². The number of aliphatic hydroxyl groups excluding tert-OH is 1. The van der Waals surface area contributed by atoms with Gasteiger partial charge in [-0.15, -0.1) is 0 Å². The number of aryl methyl sites for hydroxylation is 1. The van der Waals surface area contributed by atoms with E-state index in [0.29, 0.717) is 37.6 Å². The van der Waals surface area contributed by atoms with E-state index in [0.717, 1.165) is 49.6 Å². The van der Waals surface area contributed by atoms with Crippen LogP contribution in [0.1, 0.15) is 52.7 Å². The zero-order valence-electron chi connectivity index (χ0n) is 23.6. The first-order chi connectivity index (χ1) is 19.8. The molecule has 0 aliphatic carbocycles. The van der Waals surface area contributed by atoms with Gasteiger partial charge in [-0.2, -0.15) is 0 Å². The third-order valence-corrected chi connectivity index (χ3v) is 7.77. The molecule has 11 nitrogen and oxygen atoms in total. The van der Waals surface area contributed by atoms with Gasteiger partial charge in [0.25, 0.3) is 5.91 Å². The van der Waals surface area contributed by atoms with Gasteiger partial charge >= 0.3 is 0 Å². The van der Waals surface area contributed by atoms with Gasteiger partial charge in [0.15, 0.2) is 12.2 Å². The minimum atomic E-state index is -0.695. The highest BCUT2D eigenvalue weighted by Crippen LogP contribution is 2.25. The van der Waals surface area contributed by atoms with E-state index in [1.54, 1.807) is 25.3 Å². The summed E-state index contributed by atoms with van der Waals surface area (Å²) in [4.78, 5) is 36.8. The lowest BCUT2D eigenvalue weighted by atomic mass is 9.99. The van der Waals surface area contributed by atoms with Crippen LogP contribution in [0.2, 0.25) is 0 Å². The van der Waals surface area contributed by atoms with Crippen molar-refractivity contribution in [3.8, 4) is 5.75 Å². The first kappa shape index (κ1) is 28.6. The summed E-state index contributed by atoms with van der Waals surface area (Å²) in [5, 5.41) is 16.9. The zero-order chi connectivity index (χ0) is 28.8. The third kappa shape index (κ3) is 7.62. The lowest BCUT2D eigenvalue weighted by Gasteiger charge is -2.32. The molecule has 2 aliphatic rings. The summed E-state index contributed by atoms with van der Waals surface area (Å²) >= 11 is 0. The number of aliphatic hydroxyl groups is 1. The Kier molecular flexibility index (Phi) is 9.15. The largest absolute Gasteiger partial charge is 0.486 e. The number of fused-ring (bicyclic) bond motifs is 1. The molecule has 0 saturated carbocycles. The molecule has 1 saturated heterocycles. The molecule has 0 radical (unpaired) electrons. The highest BCUT2D eigenvalue weighted by molar-refractivity contribution is 5.94. The molecule has 0 spiro atoms. The Morgan fingerprint density at radius 3 is 2.73 bits per heavy atom. The number of nitrogens with one attached hydrogen (secondary N) is 2. The summed E-state index contributed by atoms with van der Waals surface area (Å²) in [5.74, 6) is 2.00. The number of ether oxygens (including phenoxy) is 1. The number of piperidine rings is 1. The lowest BCUT2D eigenvalue weighted by molar-refractivity contribution is -0.129.